The molecule has 1 aromatic carbocycles. The summed E-state index contributed by atoms with van der Waals surface area (Å²) in [5.74, 6) is 0. The summed E-state index contributed by atoms with van der Waals surface area (Å²) in [5, 5.41) is 8.43. The highest BCUT2D eigenvalue weighted by Crippen LogP contribution is 2.41. The second kappa shape index (κ2) is 4.82. The molecule has 1 heterocycles. The van der Waals surface area contributed by atoms with E-state index in [4.69, 9.17) is 23.2 Å². The van der Waals surface area contributed by atoms with Crippen molar-refractivity contribution in [1.29, 1.82) is 0 Å². The zero-order chi connectivity index (χ0) is 12.6. The number of fused-ring (bicyclic) bond motifs is 1. The summed E-state index contributed by atoms with van der Waals surface area (Å²) in [6.45, 7) is 0.998. The van der Waals surface area contributed by atoms with Crippen molar-refractivity contribution in [2.45, 2.75) is 44.1 Å². The summed E-state index contributed by atoms with van der Waals surface area (Å²) in [7, 11) is 0. The molecule has 0 unspecified atom stereocenters. The lowest BCUT2D eigenvalue weighted by Crippen LogP contribution is -2.40. The van der Waals surface area contributed by atoms with Crippen molar-refractivity contribution < 1.29 is 0 Å². The molecule has 2 aliphatic rings. The summed E-state index contributed by atoms with van der Waals surface area (Å²) < 4.78 is 0. The first kappa shape index (κ1) is 12.4. The Hall–Kier alpha value is -0.600. The average molecular weight is 285 g/mol. The lowest BCUT2D eigenvalue weighted by molar-refractivity contribution is 0.313. The fourth-order valence-electron chi connectivity index (χ4n) is 3.18. The molecule has 0 bridgehead atoms. The van der Waals surface area contributed by atoms with Gasteiger partial charge in [-0.05, 0) is 31.4 Å². The van der Waals surface area contributed by atoms with Gasteiger partial charge < -0.3 is 10.6 Å². The molecule has 3 rings (SSSR count). The molecule has 1 saturated carbocycles. The van der Waals surface area contributed by atoms with Gasteiger partial charge in [-0.2, -0.15) is 0 Å². The molecule has 1 aromatic rings. The third-order valence-electron chi connectivity index (χ3n) is 4.19. The Balaban J connectivity index is 1.94. The van der Waals surface area contributed by atoms with Gasteiger partial charge in [-0.1, -0.05) is 42.5 Å². The molecule has 0 amide bonds. The molecule has 1 fully saturated rings. The van der Waals surface area contributed by atoms with E-state index in [-0.39, 0.29) is 5.54 Å². The molecule has 1 aliphatic carbocycles. The van der Waals surface area contributed by atoms with Gasteiger partial charge in [-0.3, -0.25) is 0 Å². The van der Waals surface area contributed by atoms with E-state index in [9.17, 15) is 0 Å². The van der Waals surface area contributed by atoms with Crippen LogP contribution in [0.15, 0.2) is 12.1 Å². The van der Waals surface area contributed by atoms with Crippen LogP contribution >= 0.6 is 23.2 Å². The number of halogens is 2. The highest BCUT2D eigenvalue weighted by molar-refractivity contribution is 6.42. The Morgan fingerprint density at radius 3 is 2.28 bits per heavy atom. The minimum Gasteiger partial charge on any atom is -0.383 e. The minimum atomic E-state index is 0.258. The van der Waals surface area contributed by atoms with Crippen LogP contribution in [-0.4, -0.2) is 12.1 Å². The van der Waals surface area contributed by atoms with E-state index >= 15 is 0 Å². The fraction of sp³-hybridized carbons (Fsp3) is 0.571. The molecule has 0 radical (unpaired) electrons. The third kappa shape index (κ3) is 2.28. The van der Waals surface area contributed by atoms with E-state index < -0.39 is 0 Å². The summed E-state index contributed by atoms with van der Waals surface area (Å²) in [5.41, 5.74) is 2.43. The van der Waals surface area contributed by atoms with Gasteiger partial charge in [0.15, 0.2) is 0 Å². The second-order valence-corrected chi connectivity index (χ2v) is 6.27. The maximum absolute atomic E-state index is 6.13. The second-order valence-electron chi connectivity index (χ2n) is 5.45. The Kier molecular flexibility index (Phi) is 3.33. The van der Waals surface area contributed by atoms with E-state index in [1.807, 2.05) is 12.1 Å². The lowest BCUT2D eigenvalue weighted by Gasteiger charge is -2.38. The largest absolute Gasteiger partial charge is 0.383 e. The predicted molar refractivity (Wildman–Crippen MR) is 79.0 cm³/mol. The lowest BCUT2D eigenvalue weighted by atomic mass is 9.79. The molecule has 0 aromatic heterocycles. The van der Waals surface area contributed by atoms with E-state index in [0.717, 1.165) is 24.3 Å². The first-order valence-corrected chi connectivity index (χ1v) is 7.45. The van der Waals surface area contributed by atoms with Crippen LogP contribution in [0.1, 0.15) is 38.5 Å². The number of rotatable bonds is 0. The predicted octanol–water partition coefficient (Wildman–Crippen LogP) is 4.92. The zero-order valence-corrected chi connectivity index (χ0v) is 11.9. The molecular formula is C14H18Cl2N2. The molecule has 18 heavy (non-hydrogen) atoms. The topological polar surface area (TPSA) is 24.1 Å². The van der Waals surface area contributed by atoms with Gasteiger partial charge in [0.1, 0.15) is 0 Å². The molecule has 98 valence electrons. The Bertz CT molecular complexity index is 453. The van der Waals surface area contributed by atoms with Gasteiger partial charge >= 0.3 is 0 Å². The van der Waals surface area contributed by atoms with Gasteiger partial charge in [-0.15, -0.1) is 0 Å². The highest BCUT2D eigenvalue weighted by atomic mass is 35.5. The smallest absolute Gasteiger partial charge is 0.0614 e. The van der Waals surface area contributed by atoms with Crippen LogP contribution in [0.25, 0.3) is 0 Å². The van der Waals surface area contributed by atoms with Gasteiger partial charge in [0.25, 0.3) is 0 Å². The normalized spacial score (nSPS) is 21.7. The van der Waals surface area contributed by atoms with Crippen molar-refractivity contribution >= 4 is 34.6 Å². The molecule has 4 heteroatoms. The number of nitrogens with one attached hydrogen (secondary N) is 2. The maximum Gasteiger partial charge on any atom is 0.0614 e. The number of benzene rings is 1. The Morgan fingerprint density at radius 2 is 1.56 bits per heavy atom. The number of hydrogen-bond donors (Lipinski definition) is 2. The third-order valence-corrected chi connectivity index (χ3v) is 4.91. The van der Waals surface area contributed by atoms with Crippen molar-refractivity contribution in [1.82, 2.24) is 0 Å². The van der Waals surface area contributed by atoms with Crippen molar-refractivity contribution in [3.05, 3.63) is 22.2 Å². The van der Waals surface area contributed by atoms with E-state index in [1.165, 1.54) is 32.1 Å². The summed E-state index contributed by atoms with van der Waals surface area (Å²) in [6, 6.07) is 3.88. The van der Waals surface area contributed by atoms with Crippen LogP contribution in [-0.2, 0) is 0 Å². The van der Waals surface area contributed by atoms with Crippen LogP contribution in [0.3, 0.4) is 0 Å². The molecule has 1 aliphatic heterocycles. The first-order chi connectivity index (χ1) is 8.69. The van der Waals surface area contributed by atoms with Gasteiger partial charge in [-0.25, -0.2) is 0 Å². The van der Waals surface area contributed by atoms with Gasteiger partial charge in [0.05, 0.1) is 21.4 Å². The van der Waals surface area contributed by atoms with E-state index in [1.54, 1.807) is 0 Å². The quantitative estimate of drug-likeness (QED) is 0.706. The van der Waals surface area contributed by atoms with Gasteiger partial charge in [0, 0.05) is 12.1 Å². The molecule has 2 nitrogen and oxygen atoms in total. The van der Waals surface area contributed by atoms with Crippen molar-refractivity contribution in [2.75, 3.05) is 17.2 Å². The van der Waals surface area contributed by atoms with Crippen molar-refractivity contribution in [3.63, 3.8) is 0 Å². The average Bonchev–Trinajstić information content (AvgIpc) is 2.51. The summed E-state index contributed by atoms with van der Waals surface area (Å²) >= 11 is 12.2. The van der Waals surface area contributed by atoms with E-state index in [2.05, 4.69) is 10.6 Å². The molecule has 0 atom stereocenters. The van der Waals surface area contributed by atoms with Gasteiger partial charge in [0.2, 0.25) is 0 Å². The number of hydrogen-bond acceptors (Lipinski definition) is 2. The first-order valence-electron chi connectivity index (χ1n) is 6.70. The SMILES string of the molecule is Clc1cc2c(cc1Cl)NC1(CCCCC1)CCN2. The molecule has 2 N–H and O–H groups in total. The van der Waals surface area contributed by atoms with Crippen molar-refractivity contribution in [3.8, 4) is 0 Å². The summed E-state index contributed by atoms with van der Waals surface area (Å²) in [6.07, 6.45) is 7.69. The minimum absolute atomic E-state index is 0.258. The van der Waals surface area contributed by atoms with Crippen LogP contribution in [0.5, 0.6) is 0 Å². The Morgan fingerprint density at radius 1 is 0.889 bits per heavy atom. The summed E-state index contributed by atoms with van der Waals surface area (Å²) in [4.78, 5) is 0. The highest BCUT2D eigenvalue weighted by Gasteiger charge is 2.33. The van der Waals surface area contributed by atoms with Crippen LogP contribution in [0, 0.1) is 0 Å². The number of anilines is 2. The maximum atomic E-state index is 6.13. The van der Waals surface area contributed by atoms with Crippen LogP contribution < -0.4 is 10.6 Å². The zero-order valence-electron chi connectivity index (χ0n) is 10.4. The van der Waals surface area contributed by atoms with E-state index in [0.29, 0.717) is 10.0 Å². The molecule has 1 spiro atoms. The van der Waals surface area contributed by atoms with Crippen LogP contribution in [0.4, 0.5) is 11.4 Å². The molecular weight excluding hydrogens is 267 g/mol. The Labute approximate surface area is 118 Å². The van der Waals surface area contributed by atoms with Crippen LogP contribution in [0.2, 0.25) is 10.0 Å². The molecule has 0 saturated heterocycles. The monoisotopic (exact) mass is 284 g/mol. The fourth-order valence-corrected chi connectivity index (χ4v) is 3.51. The standard InChI is InChI=1S/C14H18Cl2N2/c15-10-8-12-13(9-11(10)16)18-14(6-7-17-12)4-2-1-3-5-14/h8-9,17-18H,1-7H2. The van der Waals surface area contributed by atoms with Crippen molar-refractivity contribution in [2.24, 2.45) is 0 Å².